The molecule has 0 atom stereocenters. The van der Waals surface area contributed by atoms with E-state index in [1.54, 1.807) is 0 Å². The SMILES string of the molecule is [C-]#N.[C-]#N.[C-]#N.[C-]#N.[C-]#N.[C-]#N.[Fe]=[Cu].[Na+]. The maximum Gasteiger partial charge on any atom is 1.00 e. The van der Waals surface area contributed by atoms with Crippen LogP contribution in [0, 0.1) is 71.0 Å². The molecule has 0 radical (unpaired) electrons. The van der Waals surface area contributed by atoms with Crippen molar-refractivity contribution in [1.82, 2.24) is 0 Å². The van der Waals surface area contributed by atoms with E-state index in [2.05, 4.69) is 27.3 Å². The maximum atomic E-state index is 6.25. The molecule has 0 aromatic carbocycles. The first-order valence-electron chi connectivity index (χ1n) is 1.45. The van der Waals surface area contributed by atoms with E-state index in [0.29, 0.717) is 0 Å². The van der Waals surface area contributed by atoms with Gasteiger partial charge in [0.2, 0.25) is 0 Å². The van der Waals surface area contributed by atoms with Crippen LogP contribution in [0.15, 0.2) is 0 Å². The van der Waals surface area contributed by atoms with E-state index in [-0.39, 0.29) is 29.6 Å². The zero-order valence-electron chi connectivity index (χ0n) is 7.34. The zero-order valence-corrected chi connectivity index (χ0v) is 11.4. The second-order valence-corrected chi connectivity index (χ2v) is 0. The van der Waals surface area contributed by atoms with Gasteiger partial charge in [-0.1, -0.05) is 0 Å². The first kappa shape index (κ1) is 65.9. The average molecular weight is 298 g/mol. The smallest absolute Gasteiger partial charge is 1.00 e. The van der Waals surface area contributed by atoms with Crippen molar-refractivity contribution in [2.24, 2.45) is 0 Å². The van der Waals surface area contributed by atoms with Crippen LogP contribution in [0.3, 0.4) is 0 Å². The van der Waals surface area contributed by atoms with E-state index in [4.69, 9.17) is 71.0 Å². The standard InChI is InChI=1S/6CN.Cu.Fe.Na/c6*1-2;;;/q6*-1;;;+1. The molecule has 0 aliphatic rings. The molecule has 9 heteroatoms. The van der Waals surface area contributed by atoms with E-state index in [1.807, 2.05) is 0 Å². The molecule has 0 aromatic heterocycles. The number of nitrogens with zero attached hydrogens (tertiary/aromatic N) is 6. The molecule has 0 aliphatic carbocycles. The van der Waals surface area contributed by atoms with Gasteiger partial charge >= 0.3 is 56.9 Å². The van der Waals surface area contributed by atoms with Crippen molar-refractivity contribution in [1.29, 1.82) is 31.6 Å². The summed E-state index contributed by atoms with van der Waals surface area (Å²) in [6.07, 6.45) is 0. The van der Waals surface area contributed by atoms with Crippen molar-refractivity contribution in [3.8, 4) is 0 Å². The van der Waals surface area contributed by atoms with E-state index in [1.165, 1.54) is 0 Å². The maximum absolute atomic E-state index is 6.25. The Labute approximate surface area is 127 Å². The Morgan fingerprint density at radius 1 is 0.467 bits per heavy atom. The van der Waals surface area contributed by atoms with E-state index in [9.17, 15) is 0 Å². The fraction of sp³-hybridized carbons (Fsp3) is 0. The molecular weight excluding hydrogens is 298 g/mol. The summed E-state index contributed by atoms with van der Waals surface area (Å²) in [6.45, 7) is 28.5. The van der Waals surface area contributed by atoms with Crippen molar-refractivity contribution in [2.45, 2.75) is 0 Å². The van der Waals surface area contributed by atoms with Crippen LogP contribution >= 0.6 is 0 Å². The van der Waals surface area contributed by atoms with Crippen molar-refractivity contribution in [2.75, 3.05) is 0 Å². The van der Waals surface area contributed by atoms with Crippen LogP contribution in [0.5, 0.6) is 0 Å². The van der Waals surface area contributed by atoms with Crippen LogP contribution in [-0.2, 0) is 27.3 Å². The van der Waals surface area contributed by atoms with Gasteiger partial charge in [0.05, 0.1) is 0 Å². The Morgan fingerprint density at radius 2 is 0.467 bits per heavy atom. The van der Waals surface area contributed by atoms with Gasteiger partial charge in [-0.2, -0.15) is 0 Å². The van der Waals surface area contributed by atoms with Gasteiger partial charge in [0.25, 0.3) is 0 Å². The summed E-state index contributed by atoms with van der Waals surface area (Å²) in [4.78, 5) is 0. The quantitative estimate of drug-likeness (QED) is 0.359. The minimum Gasteiger partial charge on any atom is 1.00 e. The van der Waals surface area contributed by atoms with Crippen LogP contribution in [0.4, 0.5) is 0 Å². The summed E-state index contributed by atoms with van der Waals surface area (Å²) >= 11 is 6.75. The molecule has 0 N–H and O–H groups in total. The van der Waals surface area contributed by atoms with Crippen LogP contribution in [0.25, 0.3) is 0 Å². The molecule has 0 rings (SSSR count). The molecule has 0 aliphatic heterocycles. The minimum absolute atomic E-state index is 0. The van der Waals surface area contributed by atoms with Crippen molar-refractivity contribution in [3.05, 3.63) is 39.4 Å². The van der Waals surface area contributed by atoms with Gasteiger partial charge in [-0.05, 0) is 0 Å². The first-order chi connectivity index (χ1) is 7.00. The van der Waals surface area contributed by atoms with Crippen LogP contribution in [0.1, 0.15) is 0 Å². The van der Waals surface area contributed by atoms with Crippen molar-refractivity contribution >= 4 is 0 Å². The Balaban J connectivity index is -0.00000000628. The third-order valence-corrected chi connectivity index (χ3v) is 0. The van der Waals surface area contributed by atoms with Gasteiger partial charge in [-0.15, -0.1) is 0 Å². The van der Waals surface area contributed by atoms with E-state index in [0.717, 1.165) is 0 Å². The largest absolute Gasteiger partial charge is 1.00 e. The molecule has 79 valence electrons. The van der Waals surface area contributed by atoms with Crippen LogP contribution < -0.4 is 29.6 Å². The van der Waals surface area contributed by atoms with Gasteiger partial charge in [-0.25, -0.2) is 0 Å². The summed E-state index contributed by atoms with van der Waals surface area (Å²) in [7, 11) is 0. The molecule has 0 saturated carbocycles. The molecule has 6 nitrogen and oxygen atoms in total. The normalized spacial score (nSPS) is 1.27. The van der Waals surface area contributed by atoms with Gasteiger partial charge in [0.15, 0.2) is 0 Å². The summed E-state index contributed by atoms with van der Waals surface area (Å²) in [5, 5.41) is 37.5. The molecule has 0 fully saturated rings. The molecule has 0 amide bonds. The second kappa shape index (κ2) is 1790. The molecule has 0 spiro atoms. The predicted molar refractivity (Wildman–Crippen MR) is 29.8 cm³/mol. The molecule has 0 aromatic rings. The topological polar surface area (TPSA) is 143 Å². The van der Waals surface area contributed by atoms with E-state index < -0.39 is 0 Å². The van der Waals surface area contributed by atoms with Crippen molar-refractivity contribution < 1.29 is 56.9 Å². The first-order valence-corrected chi connectivity index (χ1v) is 3.15. The van der Waals surface area contributed by atoms with Gasteiger partial charge in [-0.3, -0.25) is 0 Å². The number of hydrogen-bond donors (Lipinski definition) is 0. The number of rotatable bonds is 0. The minimum atomic E-state index is 0. The summed E-state index contributed by atoms with van der Waals surface area (Å²) < 4.78 is 0. The fourth-order valence-corrected chi connectivity index (χ4v) is 0. The van der Waals surface area contributed by atoms with Crippen LogP contribution in [-0.4, -0.2) is 0 Å². The third kappa shape index (κ3) is 1500. The van der Waals surface area contributed by atoms with Crippen molar-refractivity contribution in [3.63, 3.8) is 0 Å². The van der Waals surface area contributed by atoms with E-state index >= 15 is 0 Å². The van der Waals surface area contributed by atoms with Gasteiger partial charge in [0.1, 0.15) is 0 Å². The molecule has 15 heavy (non-hydrogen) atoms. The summed E-state index contributed by atoms with van der Waals surface area (Å²) in [5.74, 6) is 0. The average Bonchev–Trinajstić information content (AvgIpc) is 2.45. The zero-order chi connectivity index (χ0) is 14.0. The Kier molecular flexibility index (Phi) is 7850. The molecule has 0 saturated heterocycles. The molecule has 0 bridgehead atoms. The third-order valence-electron chi connectivity index (χ3n) is 0. The second-order valence-electron chi connectivity index (χ2n) is 0. The Bertz CT molecular complexity index is 114. The van der Waals surface area contributed by atoms with Gasteiger partial charge < -0.3 is 71.0 Å². The molecule has 0 unspecified atom stereocenters. The predicted octanol–water partition coefficient (Wildman–Crippen LogP) is -2.42. The number of hydrogen-bond acceptors (Lipinski definition) is 6. The summed E-state index contributed by atoms with van der Waals surface area (Å²) in [5.41, 5.74) is 0. The van der Waals surface area contributed by atoms with Gasteiger partial charge in [0, 0.05) is 0 Å². The molecular formula is C6CuFeN6Na-5. The van der Waals surface area contributed by atoms with Crippen LogP contribution in [0.2, 0.25) is 0 Å². The summed E-state index contributed by atoms with van der Waals surface area (Å²) in [6, 6.07) is 0. The fourth-order valence-electron chi connectivity index (χ4n) is 0. The Morgan fingerprint density at radius 3 is 0.467 bits per heavy atom. The monoisotopic (exact) mass is 298 g/mol. The Hall–Kier alpha value is -1.02. The molecule has 0 heterocycles.